The molecule has 0 saturated heterocycles. The van der Waals surface area contributed by atoms with Crippen LogP contribution in [0.4, 0.5) is 0 Å². The van der Waals surface area contributed by atoms with Gasteiger partial charge in [-0.2, -0.15) is 0 Å². The average molecular weight is 366 g/mol. The summed E-state index contributed by atoms with van der Waals surface area (Å²) in [6, 6.07) is 13.3. The largest absolute Gasteiger partial charge is 0.507 e. The molecule has 0 radical (unpaired) electrons. The summed E-state index contributed by atoms with van der Waals surface area (Å²) >= 11 is 2.15. The molecule has 2 aromatic carbocycles. The first kappa shape index (κ1) is 13.7. The third-order valence-corrected chi connectivity index (χ3v) is 3.41. The second kappa shape index (κ2) is 5.97. The molecule has 0 atom stereocenters. The predicted molar refractivity (Wildman–Crippen MR) is 80.5 cm³/mol. The lowest BCUT2D eigenvalue weighted by atomic mass is 10.0. The molecule has 4 heteroatoms. The van der Waals surface area contributed by atoms with E-state index in [1.807, 2.05) is 12.1 Å². The molecule has 96 valence electrons. The summed E-state index contributed by atoms with van der Waals surface area (Å²) < 4.78 is 1.03. The Bertz CT molecular complexity index is 618. The van der Waals surface area contributed by atoms with E-state index >= 15 is 0 Å². The van der Waals surface area contributed by atoms with Gasteiger partial charge in [0.1, 0.15) is 5.75 Å². The number of ketones is 2. The number of hydrogen-bond donors (Lipinski definition) is 1. The van der Waals surface area contributed by atoms with Crippen LogP contribution in [0.15, 0.2) is 48.5 Å². The van der Waals surface area contributed by atoms with E-state index in [9.17, 15) is 14.7 Å². The molecule has 3 nitrogen and oxygen atoms in total. The smallest absolute Gasteiger partial charge is 0.174 e. The van der Waals surface area contributed by atoms with Crippen molar-refractivity contribution in [3.63, 3.8) is 0 Å². The van der Waals surface area contributed by atoms with E-state index in [0.29, 0.717) is 5.56 Å². The van der Waals surface area contributed by atoms with Gasteiger partial charge in [0, 0.05) is 9.13 Å². The lowest BCUT2D eigenvalue weighted by Gasteiger charge is -2.03. The Morgan fingerprint density at radius 3 is 2.21 bits per heavy atom. The van der Waals surface area contributed by atoms with Gasteiger partial charge in [-0.15, -0.1) is 0 Å². The molecule has 0 saturated carbocycles. The summed E-state index contributed by atoms with van der Waals surface area (Å²) in [4.78, 5) is 23.9. The highest BCUT2D eigenvalue weighted by molar-refractivity contribution is 14.1. The number of carbonyl (C=O) groups excluding carboxylic acids is 2. The summed E-state index contributed by atoms with van der Waals surface area (Å²) in [7, 11) is 0. The molecular weight excluding hydrogens is 355 g/mol. The molecule has 0 fully saturated rings. The van der Waals surface area contributed by atoms with Crippen LogP contribution < -0.4 is 0 Å². The SMILES string of the molecule is O=C(CC(=O)c1ccccc1O)c1ccc(I)cc1. The van der Waals surface area contributed by atoms with Crippen LogP contribution in [-0.2, 0) is 0 Å². The monoisotopic (exact) mass is 366 g/mol. The minimum atomic E-state index is -0.373. The van der Waals surface area contributed by atoms with Gasteiger partial charge in [-0.3, -0.25) is 9.59 Å². The maximum Gasteiger partial charge on any atom is 0.174 e. The molecular formula is C15H11IO3. The van der Waals surface area contributed by atoms with Gasteiger partial charge in [0.15, 0.2) is 11.6 Å². The standard InChI is InChI=1S/C15H11IO3/c16-11-7-5-10(6-8-11)14(18)9-15(19)12-3-1-2-4-13(12)17/h1-8,17H,9H2. The fourth-order valence-corrected chi connectivity index (χ4v) is 2.05. The zero-order valence-corrected chi connectivity index (χ0v) is 12.1. The Morgan fingerprint density at radius 1 is 0.947 bits per heavy atom. The second-order valence-corrected chi connectivity index (χ2v) is 5.29. The van der Waals surface area contributed by atoms with Crippen molar-refractivity contribution < 1.29 is 14.7 Å². The van der Waals surface area contributed by atoms with Gasteiger partial charge in [-0.25, -0.2) is 0 Å². The van der Waals surface area contributed by atoms with Crippen molar-refractivity contribution in [2.45, 2.75) is 6.42 Å². The summed E-state index contributed by atoms with van der Waals surface area (Å²) in [5, 5.41) is 9.57. The molecule has 0 bridgehead atoms. The van der Waals surface area contributed by atoms with Crippen LogP contribution in [0.1, 0.15) is 27.1 Å². The maximum absolute atomic E-state index is 11.9. The van der Waals surface area contributed by atoms with Crippen LogP contribution in [0.3, 0.4) is 0 Å². The minimum absolute atomic E-state index is 0.0945. The first-order valence-electron chi connectivity index (χ1n) is 5.68. The first-order valence-corrected chi connectivity index (χ1v) is 6.76. The third kappa shape index (κ3) is 3.41. The first-order chi connectivity index (χ1) is 9.08. The molecule has 0 aliphatic heterocycles. The highest BCUT2D eigenvalue weighted by Crippen LogP contribution is 2.18. The Kier molecular flexibility index (Phi) is 4.31. The average Bonchev–Trinajstić information content (AvgIpc) is 2.39. The number of phenolic OH excluding ortho intramolecular Hbond substituents is 1. The van der Waals surface area contributed by atoms with E-state index in [4.69, 9.17) is 0 Å². The zero-order valence-electron chi connectivity index (χ0n) is 9.97. The van der Waals surface area contributed by atoms with Crippen LogP contribution in [0, 0.1) is 3.57 Å². The highest BCUT2D eigenvalue weighted by atomic mass is 127. The predicted octanol–water partition coefficient (Wildman–Crippen LogP) is 3.45. The van der Waals surface area contributed by atoms with E-state index < -0.39 is 0 Å². The Hall–Kier alpha value is -1.69. The van der Waals surface area contributed by atoms with Gasteiger partial charge >= 0.3 is 0 Å². The number of rotatable bonds is 4. The van der Waals surface area contributed by atoms with E-state index in [0.717, 1.165) is 3.57 Å². The molecule has 0 aliphatic rings. The number of aromatic hydroxyl groups is 1. The van der Waals surface area contributed by atoms with Gasteiger partial charge < -0.3 is 5.11 Å². The molecule has 0 unspecified atom stereocenters. The van der Waals surface area contributed by atoms with Crippen molar-refractivity contribution in [3.05, 3.63) is 63.2 Å². The molecule has 0 aliphatic carbocycles. The van der Waals surface area contributed by atoms with Crippen LogP contribution in [-0.4, -0.2) is 16.7 Å². The molecule has 2 aromatic rings. The summed E-state index contributed by atoms with van der Waals surface area (Å²) in [6.07, 6.45) is -0.238. The fourth-order valence-electron chi connectivity index (χ4n) is 1.69. The molecule has 2 rings (SSSR count). The van der Waals surface area contributed by atoms with Crippen molar-refractivity contribution in [2.24, 2.45) is 0 Å². The number of hydrogen-bond acceptors (Lipinski definition) is 3. The summed E-state index contributed by atoms with van der Waals surface area (Å²) in [6.45, 7) is 0. The van der Waals surface area contributed by atoms with Crippen molar-refractivity contribution in [1.82, 2.24) is 0 Å². The molecule has 19 heavy (non-hydrogen) atoms. The molecule has 0 amide bonds. The van der Waals surface area contributed by atoms with Crippen LogP contribution in [0.5, 0.6) is 5.75 Å². The summed E-state index contributed by atoms with van der Waals surface area (Å²) in [5.41, 5.74) is 0.686. The van der Waals surface area contributed by atoms with E-state index in [1.54, 1.807) is 24.3 Å². The highest BCUT2D eigenvalue weighted by Gasteiger charge is 2.16. The zero-order chi connectivity index (χ0) is 13.8. The van der Waals surface area contributed by atoms with Crippen LogP contribution in [0.2, 0.25) is 0 Å². The van der Waals surface area contributed by atoms with Gasteiger partial charge in [0.25, 0.3) is 0 Å². The van der Waals surface area contributed by atoms with Crippen molar-refractivity contribution in [3.8, 4) is 5.75 Å². The maximum atomic E-state index is 11.9. The van der Waals surface area contributed by atoms with E-state index in [1.165, 1.54) is 12.1 Å². The van der Waals surface area contributed by atoms with Gasteiger partial charge in [-0.05, 0) is 46.9 Å². The number of phenols is 1. The van der Waals surface area contributed by atoms with Crippen molar-refractivity contribution in [1.29, 1.82) is 0 Å². The fraction of sp³-hybridized carbons (Fsp3) is 0.0667. The molecule has 0 aromatic heterocycles. The third-order valence-electron chi connectivity index (χ3n) is 2.69. The Morgan fingerprint density at radius 2 is 1.58 bits per heavy atom. The number of para-hydroxylation sites is 1. The molecule has 1 N–H and O–H groups in total. The van der Waals surface area contributed by atoms with Crippen LogP contribution in [0.25, 0.3) is 0 Å². The Balaban J connectivity index is 2.13. The Labute approximate surface area is 124 Å². The van der Waals surface area contributed by atoms with Gasteiger partial charge in [0.05, 0.1) is 12.0 Å². The lowest BCUT2D eigenvalue weighted by Crippen LogP contribution is -2.08. The second-order valence-electron chi connectivity index (χ2n) is 4.05. The number of benzene rings is 2. The van der Waals surface area contributed by atoms with E-state index in [-0.39, 0.29) is 29.3 Å². The van der Waals surface area contributed by atoms with Crippen molar-refractivity contribution >= 4 is 34.2 Å². The van der Waals surface area contributed by atoms with Gasteiger partial charge in [-0.1, -0.05) is 24.3 Å². The van der Waals surface area contributed by atoms with Gasteiger partial charge in [0.2, 0.25) is 0 Å². The quantitative estimate of drug-likeness (QED) is 0.512. The number of Topliss-reactive ketones (excluding diaryl/α,β-unsaturated/α-hetero) is 2. The summed E-state index contributed by atoms with van der Waals surface area (Å²) in [5.74, 6) is -0.714. The van der Waals surface area contributed by atoms with Crippen LogP contribution >= 0.6 is 22.6 Å². The topological polar surface area (TPSA) is 54.4 Å². The normalized spacial score (nSPS) is 10.2. The van der Waals surface area contributed by atoms with Crippen molar-refractivity contribution in [2.75, 3.05) is 0 Å². The molecule has 0 heterocycles. The number of halogens is 1. The minimum Gasteiger partial charge on any atom is -0.507 e. The number of carbonyl (C=O) groups is 2. The van der Waals surface area contributed by atoms with E-state index in [2.05, 4.69) is 22.6 Å². The molecule has 0 spiro atoms. The lowest BCUT2D eigenvalue weighted by molar-refractivity contribution is 0.0893.